The molecule has 1 amide bonds. The van der Waals surface area contributed by atoms with Crippen LogP contribution in [0.4, 0.5) is 4.39 Å². The van der Waals surface area contributed by atoms with E-state index < -0.39 is 0 Å². The third-order valence-corrected chi connectivity index (χ3v) is 5.83. The highest BCUT2D eigenvalue weighted by Gasteiger charge is 2.46. The Balaban J connectivity index is 1.59. The molecule has 2 aliphatic rings. The fourth-order valence-electron chi connectivity index (χ4n) is 4.15. The summed E-state index contributed by atoms with van der Waals surface area (Å²) in [5.74, 6) is -0.298. The van der Waals surface area contributed by atoms with Crippen molar-refractivity contribution in [3.63, 3.8) is 0 Å². The Hall–Kier alpha value is -1.46. The van der Waals surface area contributed by atoms with E-state index in [0.717, 1.165) is 39.1 Å². The summed E-state index contributed by atoms with van der Waals surface area (Å²) in [6.45, 7) is 5.12. The SMILES string of the molecule is CCOC[C@@H]1CCC2(CCN(C(=O)c3ccc(F)cc3)CC2)N1C. The zero-order valence-electron chi connectivity index (χ0n) is 14.6. The van der Waals surface area contributed by atoms with Crippen LogP contribution >= 0.6 is 0 Å². The number of hydrogen-bond acceptors (Lipinski definition) is 3. The summed E-state index contributed by atoms with van der Waals surface area (Å²) in [4.78, 5) is 17.0. The van der Waals surface area contributed by atoms with Gasteiger partial charge in [0, 0.05) is 36.8 Å². The predicted octanol–water partition coefficient (Wildman–Crippen LogP) is 2.93. The van der Waals surface area contributed by atoms with E-state index in [9.17, 15) is 9.18 Å². The number of halogens is 1. The second-order valence-electron chi connectivity index (χ2n) is 6.99. The van der Waals surface area contributed by atoms with Crippen LogP contribution in [0.5, 0.6) is 0 Å². The molecule has 3 rings (SSSR count). The molecule has 1 atom stereocenters. The van der Waals surface area contributed by atoms with Crippen LogP contribution in [0.1, 0.15) is 43.0 Å². The highest BCUT2D eigenvalue weighted by atomic mass is 19.1. The lowest BCUT2D eigenvalue weighted by Crippen LogP contribution is -2.54. The third-order valence-electron chi connectivity index (χ3n) is 5.83. The van der Waals surface area contributed by atoms with Crippen molar-refractivity contribution in [2.24, 2.45) is 0 Å². The molecule has 0 unspecified atom stereocenters. The lowest BCUT2D eigenvalue weighted by molar-refractivity contribution is 0.0211. The number of piperidine rings is 1. The Bertz CT molecular complexity index is 567. The van der Waals surface area contributed by atoms with Crippen molar-refractivity contribution in [1.82, 2.24) is 9.80 Å². The first-order chi connectivity index (χ1) is 11.6. The highest BCUT2D eigenvalue weighted by Crippen LogP contribution is 2.40. The Kier molecular flexibility index (Phi) is 5.21. The number of amides is 1. The third kappa shape index (κ3) is 3.33. The number of benzene rings is 1. The van der Waals surface area contributed by atoms with Crippen LogP contribution in [0.2, 0.25) is 0 Å². The topological polar surface area (TPSA) is 32.8 Å². The summed E-state index contributed by atoms with van der Waals surface area (Å²) < 4.78 is 18.6. The fraction of sp³-hybridized carbons (Fsp3) is 0.632. The Labute approximate surface area is 143 Å². The number of likely N-dealkylation sites (N-methyl/N-ethyl adjacent to an activating group) is 1. The van der Waals surface area contributed by atoms with Gasteiger partial charge < -0.3 is 9.64 Å². The maximum Gasteiger partial charge on any atom is 0.253 e. The van der Waals surface area contributed by atoms with Gasteiger partial charge in [-0.3, -0.25) is 9.69 Å². The zero-order chi connectivity index (χ0) is 17.2. The van der Waals surface area contributed by atoms with Crippen molar-refractivity contribution in [3.8, 4) is 0 Å². The first kappa shape index (κ1) is 17.4. The second-order valence-corrected chi connectivity index (χ2v) is 6.99. The molecule has 0 aliphatic carbocycles. The molecule has 1 aromatic carbocycles. The molecule has 4 nitrogen and oxygen atoms in total. The first-order valence-corrected chi connectivity index (χ1v) is 8.91. The van der Waals surface area contributed by atoms with Crippen molar-refractivity contribution in [1.29, 1.82) is 0 Å². The fourth-order valence-corrected chi connectivity index (χ4v) is 4.15. The second kappa shape index (κ2) is 7.19. The number of nitrogens with zero attached hydrogens (tertiary/aromatic N) is 2. The summed E-state index contributed by atoms with van der Waals surface area (Å²) in [6.07, 6.45) is 4.35. The van der Waals surface area contributed by atoms with E-state index in [0.29, 0.717) is 11.6 Å². The number of hydrogen-bond donors (Lipinski definition) is 0. The van der Waals surface area contributed by atoms with Crippen LogP contribution in [-0.4, -0.2) is 60.6 Å². The maximum absolute atomic E-state index is 13.0. The molecule has 2 saturated heterocycles. The normalized spacial score (nSPS) is 23.8. The first-order valence-electron chi connectivity index (χ1n) is 8.91. The van der Waals surface area contributed by atoms with E-state index in [2.05, 4.69) is 11.9 Å². The molecular formula is C19H27FN2O2. The van der Waals surface area contributed by atoms with Gasteiger partial charge in [-0.2, -0.15) is 0 Å². The van der Waals surface area contributed by atoms with E-state index in [1.54, 1.807) is 12.1 Å². The van der Waals surface area contributed by atoms with Crippen LogP contribution < -0.4 is 0 Å². The van der Waals surface area contributed by atoms with Gasteiger partial charge in [0.1, 0.15) is 5.82 Å². The lowest BCUT2D eigenvalue weighted by Gasteiger charge is -2.45. The molecule has 2 aliphatic heterocycles. The minimum Gasteiger partial charge on any atom is -0.380 e. The quantitative estimate of drug-likeness (QED) is 0.849. The van der Waals surface area contributed by atoms with Gasteiger partial charge in [-0.05, 0) is 63.9 Å². The average Bonchev–Trinajstić information content (AvgIpc) is 2.90. The van der Waals surface area contributed by atoms with Gasteiger partial charge in [-0.15, -0.1) is 0 Å². The Morgan fingerprint density at radius 2 is 1.92 bits per heavy atom. The van der Waals surface area contributed by atoms with Gasteiger partial charge in [0.05, 0.1) is 6.61 Å². The van der Waals surface area contributed by atoms with Crippen LogP contribution in [-0.2, 0) is 4.74 Å². The monoisotopic (exact) mass is 334 g/mol. The van der Waals surface area contributed by atoms with Gasteiger partial charge in [-0.1, -0.05) is 0 Å². The van der Waals surface area contributed by atoms with Crippen molar-refractivity contribution in [3.05, 3.63) is 35.6 Å². The van der Waals surface area contributed by atoms with Gasteiger partial charge in [0.15, 0.2) is 0 Å². The number of rotatable bonds is 4. The molecule has 0 bridgehead atoms. The van der Waals surface area contributed by atoms with Gasteiger partial charge in [-0.25, -0.2) is 4.39 Å². The van der Waals surface area contributed by atoms with E-state index in [1.807, 2.05) is 11.8 Å². The lowest BCUT2D eigenvalue weighted by atomic mass is 9.85. The van der Waals surface area contributed by atoms with Crippen molar-refractivity contribution in [2.45, 2.75) is 44.2 Å². The highest BCUT2D eigenvalue weighted by molar-refractivity contribution is 5.94. The molecular weight excluding hydrogens is 307 g/mol. The minimum atomic E-state index is -0.308. The number of likely N-dealkylation sites (tertiary alicyclic amines) is 2. The van der Waals surface area contributed by atoms with Gasteiger partial charge in [0.25, 0.3) is 5.91 Å². The average molecular weight is 334 g/mol. The number of carbonyl (C=O) groups is 1. The molecule has 5 heteroatoms. The van der Waals surface area contributed by atoms with E-state index in [4.69, 9.17) is 4.74 Å². The summed E-state index contributed by atoms with van der Waals surface area (Å²) in [7, 11) is 2.20. The molecule has 24 heavy (non-hydrogen) atoms. The molecule has 0 radical (unpaired) electrons. The van der Waals surface area contributed by atoms with Crippen LogP contribution in [0.3, 0.4) is 0 Å². The van der Waals surface area contributed by atoms with E-state index >= 15 is 0 Å². The Morgan fingerprint density at radius 3 is 2.54 bits per heavy atom. The van der Waals surface area contributed by atoms with Crippen LogP contribution in [0.15, 0.2) is 24.3 Å². The van der Waals surface area contributed by atoms with Gasteiger partial charge >= 0.3 is 0 Å². The minimum absolute atomic E-state index is 0.0105. The van der Waals surface area contributed by atoms with Crippen LogP contribution in [0.25, 0.3) is 0 Å². The number of carbonyl (C=O) groups excluding carboxylic acids is 1. The van der Waals surface area contributed by atoms with Crippen molar-refractivity contribution in [2.75, 3.05) is 33.4 Å². The van der Waals surface area contributed by atoms with Gasteiger partial charge in [0.2, 0.25) is 0 Å². The summed E-state index contributed by atoms with van der Waals surface area (Å²) in [6, 6.07) is 6.33. The molecule has 1 aromatic rings. The van der Waals surface area contributed by atoms with E-state index in [-0.39, 0.29) is 17.3 Å². The molecule has 0 N–H and O–H groups in total. The molecule has 2 heterocycles. The van der Waals surface area contributed by atoms with E-state index in [1.165, 1.54) is 25.0 Å². The smallest absolute Gasteiger partial charge is 0.253 e. The van der Waals surface area contributed by atoms with Crippen molar-refractivity contribution >= 4 is 5.91 Å². The van der Waals surface area contributed by atoms with Crippen molar-refractivity contribution < 1.29 is 13.9 Å². The standard InChI is InChI=1S/C19H27FN2O2/c1-3-24-14-17-8-9-19(21(17)2)10-12-22(13-11-19)18(23)15-4-6-16(20)7-5-15/h4-7,17H,3,8-14H2,1-2H3/t17-/m0/s1. The maximum atomic E-state index is 13.0. The predicted molar refractivity (Wildman–Crippen MR) is 91.5 cm³/mol. The molecule has 2 fully saturated rings. The number of ether oxygens (including phenoxy) is 1. The molecule has 0 aromatic heterocycles. The largest absolute Gasteiger partial charge is 0.380 e. The summed E-state index contributed by atoms with van der Waals surface area (Å²) in [5, 5.41) is 0. The molecule has 1 spiro atoms. The molecule has 132 valence electrons. The summed E-state index contributed by atoms with van der Waals surface area (Å²) in [5.41, 5.74) is 0.780. The molecule has 0 saturated carbocycles. The zero-order valence-corrected chi connectivity index (χ0v) is 14.6. The Morgan fingerprint density at radius 1 is 1.25 bits per heavy atom. The summed E-state index contributed by atoms with van der Waals surface area (Å²) >= 11 is 0. The van der Waals surface area contributed by atoms with Crippen LogP contribution in [0, 0.1) is 5.82 Å².